The summed E-state index contributed by atoms with van der Waals surface area (Å²) in [6, 6.07) is 0. The monoisotopic (exact) mass is 164 g/mol. The largest absolute Gasteiger partial charge is 0.296 e. The van der Waals surface area contributed by atoms with Crippen molar-refractivity contribution in [3.63, 3.8) is 0 Å². The average Bonchev–Trinajstić information content (AvgIpc) is 1.64. The molecule has 0 spiro atoms. The van der Waals surface area contributed by atoms with Gasteiger partial charge in [0.1, 0.15) is 0 Å². The third kappa shape index (κ3) is 3.20. The molecule has 0 N–H and O–H groups in total. The fraction of sp³-hybridized carbons (Fsp3) is 1.00. The van der Waals surface area contributed by atoms with E-state index in [9.17, 15) is 0 Å². The standard InChI is InChI=1S/C5H13ClN2Si/c1-7(2)5(9-6)8(3)4/h5H,1-4H3. The molecule has 0 atom stereocenters. The molecule has 0 aromatic carbocycles. The molecular formula is C5H13ClN2Si. The van der Waals surface area contributed by atoms with Gasteiger partial charge in [-0.1, -0.05) is 0 Å². The molecule has 0 aliphatic carbocycles. The van der Waals surface area contributed by atoms with Crippen molar-refractivity contribution < 1.29 is 0 Å². The zero-order valence-electron chi connectivity index (χ0n) is 6.35. The highest BCUT2D eigenvalue weighted by Crippen LogP contribution is 1.95. The third-order valence-electron chi connectivity index (χ3n) is 1.08. The fourth-order valence-corrected chi connectivity index (χ4v) is 2.22. The van der Waals surface area contributed by atoms with Crippen LogP contribution in [0.1, 0.15) is 0 Å². The molecule has 9 heavy (non-hydrogen) atoms. The molecule has 2 radical (unpaired) electrons. The van der Waals surface area contributed by atoms with Crippen molar-refractivity contribution in [2.45, 2.75) is 5.79 Å². The summed E-state index contributed by atoms with van der Waals surface area (Å²) in [5.74, 6) is 0.381. The van der Waals surface area contributed by atoms with E-state index in [1.54, 1.807) is 0 Å². The summed E-state index contributed by atoms with van der Waals surface area (Å²) in [5, 5.41) is 0. The van der Waals surface area contributed by atoms with E-state index >= 15 is 0 Å². The highest BCUT2D eigenvalue weighted by Gasteiger charge is 2.12. The van der Waals surface area contributed by atoms with E-state index in [2.05, 4.69) is 9.80 Å². The molecule has 0 fully saturated rings. The minimum Gasteiger partial charge on any atom is -0.296 e. The first kappa shape index (κ1) is 9.43. The van der Waals surface area contributed by atoms with Gasteiger partial charge < -0.3 is 0 Å². The van der Waals surface area contributed by atoms with Gasteiger partial charge >= 0.3 is 0 Å². The van der Waals surface area contributed by atoms with Crippen LogP contribution in [0, 0.1) is 0 Å². The molecule has 0 unspecified atom stereocenters. The summed E-state index contributed by atoms with van der Waals surface area (Å²) in [7, 11) is 8.54. The van der Waals surface area contributed by atoms with Crippen LogP contribution in [0.2, 0.25) is 0 Å². The van der Waals surface area contributed by atoms with Crippen LogP contribution >= 0.6 is 11.1 Å². The molecule has 0 aliphatic rings. The van der Waals surface area contributed by atoms with Gasteiger partial charge in [-0.25, -0.2) is 0 Å². The second-order valence-electron chi connectivity index (χ2n) is 2.41. The van der Waals surface area contributed by atoms with Crippen LogP contribution < -0.4 is 0 Å². The fourth-order valence-electron chi connectivity index (χ4n) is 0.657. The summed E-state index contributed by atoms with van der Waals surface area (Å²) in [6.45, 7) is 0. The van der Waals surface area contributed by atoms with Crippen molar-refractivity contribution in [1.82, 2.24) is 9.80 Å². The van der Waals surface area contributed by atoms with Crippen LogP contribution in [0.25, 0.3) is 0 Å². The zero-order chi connectivity index (χ0) is 7.44. The molecule has 0 saturated carbocycles. The van der Waals surface area contributed by atoms with Gasteiger partial charge in [-0.2, -0.15) is 11.1 Å². The lowest BCUT2D eigenvalue weighted by molar-refractivity contribution is 0.203. The maximum absolute atomic E-state index is 5.70. The number of nitrogens with zero attached hydrogens (tertiary/aromatic N) is 2. The van der Waals surface area contributed by atoms with Crippen molar-refractivity contribution in [1.29, 1.82) is 0 Å². The Morgan fingerprint density at radius 1 is 1.11 bits per heavy atom. The third-order valence-corrected chi connectivity index (χ3v) is 2.89. The van der Waals surface area contributed by atoms with Gasteiger partial charge in [0.25, 0.3) is 0 Å². The lowest BCUT2D eigenvalue weighted by Gasteiger charge is -2.27. The predicted octanol–water partition coefficient (Wildman–Crippen LogP) is 0.251. The van der Waals surface area contributed by atoms with Gasteiger partial charge in [-0.15, -0.1) is 0 Å². The van der Waals surface area contributed by atoms with E-state index < -0.39 is 0 Å². The number of hydrogen-bond acceptors (Lipinski definition) is 2. The molecular weight excluding hydrogens is 152 g/mol. The van der Waals surface area contributed by atoms with Crippen molar-refractivity contribution in [2.24, 2.45) is 0 Å². The second-order valence-corrected chi connectivity index (χ2v) is 3.80. The van der Waals surface area contributed by atoms with Crippen LogP contribution in [-0.2, 0) is 0 Å². The number of hydrogen-bond donors (Lipinski definition) is 0. The van der Waals surface area contributed by atoms with Gasteiger partial charge in [0, 0.05) is 0 Å². The zero-order valence-corrected chi connectivity index (χ0v) is 8.11. The van der Waals surface area contributed by atoms with Crippen LogP contribution in [0.15, 0.2) is 0 Å². The summed E-state index contributed by atoms with van der Waals surface area (Å²) >= 11 is 5.70. The maximum atomic E-state index is 5.70. The Morgan fingerprint density at radius 2 is 1.44 bits per heavy atom. The molecule has 0 aliphatic heterocycles. The van der Waals surface area contributed by atoms with Gasteiger partial charge in [-0.3, -0.25) is 9.80 Å². The van der Waals surface area contributed by atoms with Crippen LogP contribution in [0.3, 0.4) is 0 Å². The van der Waals surface area contributed by atoms with E-state index in [0.29, 0.717) is 14.6 Å². The Labute approximate surface area is 64.3 Å². The van der Waals surface area contributed by atoms with Crippen LogP contribution in [-0.4, -0.2) is 52.6 Å². The topological polar surface area (TPSA) is 6.48 Å². The maximum Gasteiger partial charge on any atom is 0.210 e. The molecule has 2 nitrogen and oxygen atoms in total. The second kappa shape index (κ2) is 4.28. The minimum atomic E-state index is 0.381. The Kier molecular flexibility index (Phi) is 4.48. The van der Waals surface area contributed by atoms with Crippen molar-refractivity contribution in [3.8, 4) is 0 Å². The van der Waals surface area contributed by atoms with Gasteiger partial charge in [0.2, 0.25) is 8.83 Å². The Balaban J connectivity index is 3.68. The molecule has 0 amide bonds. The predicted molar refractivity (Wildman–Crippen MR) is 42.8 cm³/mol. The Bertz CT molecular complexity index is 69.4. The summed E-state index contributed by atoms with van der Waals surface area (Å²) in [5.41, 5.74) is 0. The molecule has 4 heteroatoms. The molecule has 0 bridgehead atoms. The summed E-state index contributed by atoms with van der Waals surface area (Å²) in [4.78, 5) is 4.21. The quantitative estimate of drug-likeness (QED) is 0.335. The molecule has 0 rings (SSSR count). The lowest BCUT2D eigenvalue weighted by Crippen LogP contribution is -2.43. The first-order valence-electron chi connectivity index (χ1n) is 2.78. The first-order chi connectivity index (χ1) is 4.09. The minimum absolute atomic E-state index is 0.381. The Morgan fingerprint density at radius 3 is 1.44 bits per heavy atom. The van der Waals surface area contributed by atoms with E-state index in [1.165, 1.54) is 0 Å². The SMILES string of the molecule is CN(C)C([Si]Cl)N(C)C. The van der Waals surface area contributed by atoms with Gasteiger partial charge in [-0.05, 0) is 28.2 Å². The molecule has 0 aromatic heterocycles. The highest BCUT2D eigenvalue weighted by atomic mass is 35.6. The van der Waals surface area contributed by atoms with E-state index in [1.807, 2.05) is 28.2 Å². The highest BCUT2D eigenvalue weighted by molar-refractivity contribution is 6.94. The number of rotatable bonds is 3. The lowest BCUT2D eigenvalue weighted by atomic mass is 10.8. The van der Waals surface area contributed by atoms with E-state index in [4.69, 9.17) is 11.1 Å². The van der Waals surface area contributed by atoms with Crippen molar-refractivity contribution >= 4 is 19.9 Å². The molecule has 0 heterocycles. The van der Waals surface area contributed by atoms with Gasteiger partial charge in [0.05, 0.1) is 5.79 Å². The van der Waals surface area contributed by atoms with Gasteiger partial charge in [0.15, 0.2) is 0 Å². The Hall–Kier alpha value is 0.427. The van der Waals surface area contributed by atoms with E-state index in [0.717, 1.165) is 0 Å². The first-order valence-corrected chi connectivity index (χ1v) is 4.87. The van der Waals surface area contributed by atoms with Crippen LogP contribution in [0.4, 0.5) is 0 Å². The summed E-state index contributed by atoms with van der Waals surface area (Å²) < 4.78 is 0. The number of halogens is 1. The molecule has 0 saturated heterocycles. The van der Waals surface area contributed by atoms with Crippen molar-refractivity contribution in [3.05, 3.63) is 0 Å². The van der Waals surface area contributed by atoms with Crippen molar-refractivity contribution in [2.75, 3.05) is 28.2 Å². The van der Waals surface area contributed by atoms with E-state index in [-0.39, 0.29) is 0 Å². The smallest absolute Gasteiger partial charge is 0.210 e. The van der Waals surface area contributed by atoms with Crippen LogP contribution in [0.5, 0.6) is 0 Å². The normalized spacial score (nSPS) is 12.0. The molecule has 54 valence electrons. The molecule has 0 aromatic rings. The summed E-state index contributed by atoms with van der Waals surface area (Å²) in [6.07, 6.45) is 0. The average molecular weight is 165 g/mol.